The zero-order valence-electron chi connectivity index (χ0n) is 10.5. The lowest BCUT2D eigenvalue weighted by Crippen LogP contribution is -2.13. The van der Waals surface area contributed by atoms with E-state index in [9.17, 15) is 4.39 Å². The summed E-state index contributed by atoms with van der Waals surface area (Å²) in [6, 6.07) is 5.24. The number of nitrogens with two attached hydrogens (primary N) is 1. The van der Waals surface area contributed by atoms with Crippen LogP contribution in [0.3, 0.4) is 0 Å². The van der Waals surface area contributed by atoms with Crippen molar-refractivity contribution in [2.45, 2.75) is 37.1 Å². The molecule has 19 heavy (non-hydrogen) atoms. The minimum absolute atomic E-state index is 0.0820. The monoisotopic (exact) mass is 282 g/mol. The molecule has 2 N–H and O–H groups in total. The Hall–Kier alpha value is -1.29. The lowest BCUT2D eigenvalue weighted by Gasteiger charge is -2.17. The molecule has 3 rings (SSSR count). The van der Waals surface area contributed by atoms with Crippen LogP contribution < -0.4 is 5.73 Å². The van der Waals surface area contributed by atoms with Crippen LogP contribution in [0.5, 0.6) is 0 Å². The second kappa shape index (κ2) is 4.67. The maximum Gasteiger partial charge on any atom is 0.282 e. The minimum Gasteiger partial charge on any atom is -0.463 e. The summed E-state index contributed by atoms with van der Waals surface area (Å²) < 4.78 is 18.6. The average Bonchev–Trinajstić information content (AvgIpc) is 3.03. The highest BCUT2D eigenvalue weighted by atomic mass is 35.5. The van der Waals surface area contributed by atoms with Gasteiger partial charge in [-0.3, -0.25) is 0 Å². The Bertz CT molecular complexity index is 508. The zero-order chi connectivity index (χ0) is 13.5. The topological polar surface area (TPSA) is 47.6 Å². The third-order valence-electron chi connectivity index (χ3n) is 4.02. The molecule has 0 saturated heterocycles. The Kier molecular flexibility index (Phi) is 3.13. The van der Waals surface area contributed by atoms with Gasteiger partial charge in [0.05, 0.1) is 6.04 Å². The van der Waals surface area contributed by atoms with E-state index in [2.05, 4.69) is 4.99 Å². The molecule has 1 aromatic carbocycles. The van der Waals surface area contributed by atoms with E-state index in [1.807, 2.05) is 6.07 Å². The molecule has 1 aliphatic heterocycles. The number of amidine groups is 1. The van der Waals surface area contributed by atoms with E-state index in [4.69, 9.17) is 22.1 Å². The molecule has 1 aliphatic carbocycles. The smallest absolute Gasteiger partial charge is 0.282 e. The van der Waals surface area contributed by atoms with Gasteiger partial charge in [0.1, 0.15) is 12.4 Å². The highest BCUT2D eigenvalue weighted by Gasteiger charge is 2.44. The number of halogens is 2. The van der Waals surface area contributed by atoms with Gasteiger partial charge in [0.2, 0.25) is 0 Å². The Balaban J connectivity index is 1.69. The van der Waals surface area contributed by atoms with Crippen LogP contribution in [0.1, 0.15) is 31.2 Å². The Morgan fingerprint density at radius 2 is 2.21 bits per heavy atom. The minimum atomic E-state index is -0.264. The van der Waals surface area contributed by atoms with E-state index in [-0.39, 0.29) is 23.3 Å². The van der Waals surface area contributed by atoms with E-state index < -0.39 is 0 Å². The van der Waals surface area contributed by atoms with Gasteiger partial charge < -0.3 is 10.5 Å². The maximum absolute atomic E-state index is 13.4. The van der Waals surface area contributed by atoms with E-state index >= 15 is 0 Å². The molecule has 3 nitrogen and oxygen atoms in total. The van der Waals surface area contributed by atoms with Crippen LogP contribution in [0.4, 0.5) is 4.39 Å². The Morgan fingerprint density at radius 1 is 1.42 bits per heavy atom. The second-order valence-electron chi connectivity index (χ2n) is 5.41. The van der Waals surface area contributed by atoms with Crippen molar-refractivity contribution in [2.75, 3.05) is 6.61 Å². The predicted molar refractivity (Wildman–Crippen MR) is 72.9 cm³/mol. The molecule has 102 valence electrons. The number of hydrogen-bond donors (Lipinski definition) is 1. The largest absolute Gasteiger partial charge is 0.463 e. The molecule has 1 atom stereocenters. The summed E-state index contributed by atoms with van der Waals surface area (Å²) in [6.45, 7) is 0.561. The van der Waals surface area contributed by atoms with Crippen LogP contribution >= 0.6 is 11.6 Å². The number of ether oxygens (including phenoxy) is 1. The van der Waals surface area contributed by atoms with Crippen molar-refractivity contribution >= 4 is 17.6 Å². The van der Waals surface area contributed by atoms with Crippen molar-refractivity contribution in [2.24, 2.45) is 10.7 Å². The lowest BCUT2D eigenvalue weighted by molar-refractivity contribution is 0.302. The van der Waals surface area contributed by atoms with E-state index in [0.717, 1.165) is 31.2 Å². The van der Waals surface area contributed by atoms with Gasteiger partial charge in [-0.05, 0) is 54.9 Å². The molecule has 0 spiro atoms. The predicted octanol–water partition coefficient (Wildman–Crippen LogP) is 3.00. The number of hydrogen-bond acceptors (Lipinski definition) is 3. The Labute approximate surface area is 116 Å². The SMILES string of the molecule is NC1=N[C@@H](CCC2(c3cc(F)cc(Cl)c3)CC2)CO1. The molecule has 0 amide bonds. The highest BCUT2D eigenvalue weighted by molar-refractivity contribution is 6.30. The quantitative estimate of drug-likeness (QED) is 0.923. The number of aliphatic imine (C=N–C) groups is 1. The summed E-state index contributed by atoms with van der Waals surface area (Å²) >= 11 is 5.93. The molecule has 0 radical (unpaired) electrons. The Morgan fingerprint density at radius 3 is 2.79 bits per heavy atom. The van der Waals surface area contributed by atoms with Gasteiger partial charge >= 0.3 is 0 Å². The van der Waals surface area contributed by atoms with Gasteiger partial charge in [0.15, 0.2) is 0 Å². The summed E-state index contributed by atoms with van der Waals surface area (Å²) in [5.41, 5.74) is 6.58. The van der Waals surface area contributed by atoms with Crippen molar-refractivity contribution in [3.8, 4) is 0 Å². The van der Waals surface area contributed by atoms with Crippen LogP contribution in [-0.2, 0) is 10.2 Å². The fourth-order valence-corrected chi connectivity index (χ4v) is 2.94. The summed E-state index contributed by atoms with van der Waals surface area (Å²) in [6.07, 6.45) is 4.05. The van der Waals surface area contributed by atoms with Gasteiger partial charge in [-0.1, -0.05) is 11.6 Å². The van der Waals surface area contributed by atoms with Crippen LogP contribution in [-0.4, -0.2) is 18.7 Å². The fourth-order valence-electron chi connectivity index (χ4n) is 2.72. The van der Waals surface area contributed by atoms with Crippen molar-refractivity contribution in [3.05, 3.63) is 34.6 Å². The summed E-state index contributed by atoms with van der Waals surface area (Å²) in [5.74, 6) is -0.264. The van der Waals surface area contributed by atoms with E-state index in [1.165, 1.54) is 6.07 Å². The molecule has 1 aromatic rings. The summed E-state index contributed by atoms with van der Waals surface area (Å²) in [4.78, 5) is 4.22. The maximum atomic E-state index is 13.4. The normalized spacial score (nSPS) is 23.9. The molecule has 1 saturated carbocycles. The third-order valence-corrected chi connectivity index (χ3v) is 4.24. The van der Waals surface area contributed by atoms with Crippen LogP contribution in [0.15, 0.2) is 23.2 Å². The molecule has 2 aliphatic rings. The lowest BCUT2D eigenvalue weighted by atomic mass is 9.89. The molecule has 1 fully saturated rings. The van der Waals surface area contributed by atoms with Crippen LogP contribution in [0.2, 0.25) is 5.02 Å². The molecule has 0 bridgehead atoms. The molecular formula is C14H16ClFN2O. The van der Waals surface area contributed by atoms with E-state index in [1.54, 1.807) is 6.07 Å². The third kappa shape index (κ3) is 2.68. The molecule has 0 unspecified atom stereocenters. The van der Waals surface area contributed by atoms with Crippen molar-refractivity contribution in [3.63, 3.8) is 0 Å². The molecular weight excluding hydrogens is 267 g/mol. The van der Waals surface area contributed by atoms with Gasteiger partial charge in [-0.25, -0.2) is 9.38 Å². The van der Waals surface area contributed by atoms with Crippen LogP contribution in [0.25, 0.3) is 0 Å². The van der Waals surface area contributed by atoms with Gasteiger partial charge in [0.25, 0.3) is 6.02 Å². The first-order valence-corrected chi connectivity index (χ1v) is 6.88. The summed E-state index contributed by atoms with van der Waals surface area (Å²) in [5, 5.41) is 0.465. The van der Waals surface area contributed by atoms with Crippen LogP contribution in [0, 0.1) is 5.82 Å². The van der Waals surface area contributed by atoms with Gasteiger partial charge in [0, 0.05) is 5.02 Å². The first-order chi connectivity index (χ1) is 9.07. The zero-order valence-corrected chi connectivity index (χ0v) is 11.3. The fraction of sp³-hybridized carbons (Fsp3) is 0.500. The average molecular weight is 283 g/mol. The first-order valence-electron chi connectivity index (χ1n) is 6.50. The molecule has 1 heterocycles. The molecule has 5 heteroatoms. The number of benzene rings is 1. The van der Waals surface area contributed by atoms with Crippen molar-refractivity contribution in [1.29, 1.82) is 0 Å². The van der Waals surface area contributed by atoms with Gasteiger partial charge in [-0.15, -0.1) is 0 Å². The highest BCUT2D eigenvalue weighted by Crippen LogP contribution is 2.52. The van der Waals surface area contributed by atoms with Gasteiger partial charge in [-0.2, -0.15) is 0 Å². The standard InChI is InChI=1S/C14H16ClFN2O/c15-10-5-9(6-11(16)7-10)14(3-4-14)2-1-12-8-19-13(17)18-12/h5-7,12H,1-4,8H2,(H2,17,18)/t12-/m0/s1. The summed E-state index contributed by atoms with van der Waals surface area (Å²) in [7, 11) is 0. The number of nitrogens with zero attached hydrogens (tertiary/aromatic N) is 1. The second-order valence-corrected chi connectivity index (χ2v) is 5.85. The van der Waals surface area contributed by atoms with Crippen molar-refractivity contribution < 1.29 is 9.13 Å². The number of rotatable bonds is 4. The van der Waals surface area contributed by atoms with Crippen molar-refractivity contribution in [1.82, 2.24) is 0 Å². The van der Waals surface area contributed by atoms with E-state index in [0.29, 0.717) is 11.6 Å². The molecule has 0 aromatic heterocycles. The first kappa shape index (κ1) is 12.7.